The van der Waals surface area contributed by atoms with Crippen LogP contribution in [0.5, 0.6) is 0 Å². The average molecular weight is 412 g/mol. The number of likely N-dealkylation sites (N-methyl/N-ethyl adjacent to an activating group) is 1. The number of hydrogen-bond donors (Lipinski definition) is 4. The SMILES string of the molecule is C[NH+](CC(=O)Nc1ccc(Cl)cc1)CC(=O)Nc1cccc(S(N)(=O)=O)c1. The molecular formula is C17H20ClN4O4S+. The second-order valence-electron chi connectivity index (χ2n) is 5.99. The molecule has 0 aliphatic carbocycles. The number of carbonyl (C=O) groups is 2. The molecule has 1 atom stereocenters. The van der Waals surface area contributed by atoms with E-state index < -0.39 is 10.0 Å². The lowest BCUT2D eigenvalue weighted by Crippen LogP contribution is -3.11. The van der Waals surface area contributed by atoms with Crippen molar-refractivity contribution < 1.29 is 22.9 Å². The summed E-state index contributed by atoms with van der Waals surface area (Å²) in [7, 11) is -2.15. The van der Waals surface area contributed by atoms with Crippen LogP contribution in [-0.2, 0) is 19.6 Å². The highest BCUT2D eigenvalue weighted by molar-refractivity contribution is 7.89. The number of primary sulfonamides is 1. The van der Waals surface area contributed by atoms with Gasteiger partial charge in [0.25, 0.3) is 11.8 Å². The van der Waals surface area contributed by atoms with Crippen LogP contribution in [0.3, 0.4) is 0 Å². The van der Waals surface area contributed by atoms with Crippen LogP contribution < -0.4 is 20.7 Å². The summed E-state index contributed by atoms with van der Waals surface area (Å²) >= 11 is 5.79. The van der Waals surface area contributed by atoms with Gasteiger partial charge in [0.15, 0.2) is 13.1 Å². The fourth-order valence-electron chi connectivity index (χ4n) is 2.31. The number of nitrogens with one attached hydrogen (secondary N) is 3. The summed E-state index contributed by atoms with van der Waals surface area (Å²) in [6.07, 6.45) is 0. The average Bonchev–Trinajstić information content (AvgIpc) is 2.56. The van der Waals surface area contributed by atoms with Crippen molar-refractivity contribution in [2.24, 2.45) is 5.14 Å². The Morgan fingerprint density at radius 2 is 1.56 bits per heavy atom. The van der Waals surface area contributed by atoms with Crippen LogP contribution in [0.4, 0.5) is 11.4 Å². The maximum Gasteiger partial charge on any atom is 0.279 e. The van der Waals surface area contributed by atoms with E-state index in [1.807, 2.05) is 0 Å². The van der Waals surface area contributed by atoms with Gasteiger partial charge < -0.3 is 15.5 Å². The van der Waals surface area contributed by atoms with Crippen molar-refractivity contribution >= 4 is 44.8 Å². The second kappa shape index (κ2) is 8.96. The van der Waals surface area contributed by atoms with Crippen LogP contribution in [-0.4, -0.2) is 40.4 Å². The Balaban J connectivity index is 1.86. The van der Waals surface area contributed by atoms with E-state index in [-0.39, 0.29) is 29.8 Å². The first-order valence-electron chi connectivity index (χ1n) is 7.93. The molecule has 5 N–H and O–H groups in total. The first-order chi connectivity index (χ1) is 12.6. The van der Waals surface area contributed by atoms with Crippen LogP contribution in [0.25, 0.3) is 0 Å². The van der Waals surface area contributed by atoms with Crippen LogP contribution in [0.1, 0.15) is 0 Å². The smallest absolute Gasteiger partial charge is 0.279 e. The van der Waals surface area contributed by atoms with Crippen molar-refractivity contribution in [3.05, 3.63) is 53.6 Å². The van der Waals surface area contributed by atoms with Crippen molar-refractivity contribution in [1.29, 1.82) is 0 Å². The number of benzene rings is 2. The van der Waals surface area contributed by atoms with E-state index in [0.717, 1.165) is 0 Å². The summed E-state index contributed by atoms with van der Waals surface area (Å²) in [6, 6.07) is 12.3. The summed E-state index contributed by atoms with van der Waals surface area (Å²) < 4.78 is 22.7. The molecule has 2 aromatic carbocycles. The second-order valence-corrected chi connectivity index (χ2v) is 7.98. The Morgan fingerprint density at radius 3 is 2.11 bits per heavy atom. The van der Waals surface area contributed by atoms with E-state index in [2.05, 4.69) is 10.6 Å². The molecule has 0 saturated carbocycles. The molecule has 27 heavy (non-hydrogen) atoms. The lowest BCUT2D eigenvalue weighted by atomic mass is 10.3. The largest absolute Gasteiger partial charge is 0.322 e. The molecule has 144 valence electrons. The fraction of sp³-hybridized carbons (Fsp3) is 0.176. The lowest BCUT2D eigenvalue weighted by molar-refractivity contribution is -0.862. The third-order valence-corrected chi connectivity index (χ3v) is 4.66. The van der Waals surface area contributed by atoms with E-state index in [1.54, 1.807) is 37.4 Å². The molecule has 0 aliphatic heterocycles. The minimum Gasteiger partial charge on any atom is -0.322 e. The zero-order chi connectivity index (χ0) is 20.0. The fourth-order valence-corrected chi connectivity index (χ4v) is 2.99. The molecule has 10 heteroatoms. The number of nitrogens with two attached hydrogens (primary N) is 1. The maximum atomic E-state index is 12.1. The molecule has 1 unspecified atom stereocenters. The van der Waals surface area contributed by atoms with E-state index in [4.69, 9.17) is 16.7 Å². The molecule has 0 saturated heterocycles. The zero-order valence-corrected chi connectivity index (χ0v) is 16.1. The Hall–Kier alpha value is -2.46. The molecular weight excluding hydrogens is 392 g/mol. The summed E-state index contributed by atoms with van der Waals surface area (Å²) in [5, 5.41) is 10.9. The molecule has 8 nitrogen and oxygen atoms in total. The molecule has 2 rings (SSSR count). The number of rotatable bonds is 7. The van der Waals surface area contributed by atoms with Crippen LogP contribution in [0.2, 0.25) is 5.02 Å². The highest BCUT2D eigenvalue weighted by Gasteiger charge is 2.15. The number of carbonyl (C=O) groups excluding carboxylic acids is 2. The van der Waals surface area contributed by atoms with Gasteiger partial charge in [-0.2, -0.15) is 0 Å². The van der Waals surface area contributed by atoms with E-state index in [0.29, 0.717) is 21.3 Å². The number of sulfonamides is 1. The van der Waals surface area contributed by atoms with Crippen molar-refractivity contribution in [2.45, 2.75) is 4.90 Å². The van der Waals surface area contributed by atoms with Crippen molar-refractivity contribution in [3.8, 4) is 0 Å². The normalized spacial score (nSPS) is 12.3. The molecule has 0 heterocycles. The molecule has 2 aromatic rings. The lowest BCUT2D eigenvalue weighted by Gasteiger charge is -2.14. The number of hydrogen-bond acceptors (Lipinski definition) is 4. The summed E-state index contributed by atoms with van der Waals surface area (Å²) in [5.41, 5.74) is 0.923. The monoisotopic (exact) mass is 411 g/mol. The predicted molar refractivity (Wildman–Crippen MR) is 103 cm³/mol. The van der Waals surface area contributed by atoms with E-state index in [9.17, 15) is 18.0 Å². The topological polar surface area (TPSA) is 123 Å². The minimum atomic E-state index is -3.85. The van der Waals surface area contributed by atoms with E-state index >= 15 is 0 Å². The number of anilines is 2. The minimum absolute atomic E-state index is 0.0215. The summed E-state index contributed by atoms with van der Waals surface area (Å²) in [5.74, 6) is -0.614. The van der Waals surface area contributed by atoms with E-state index in [1.165, 1.54) is 18.2 Å². The maximum absolute atomic E-state index is 12.1. The quantitative estimate of drug-likeness (QED) is 0.515. The predicted octanol–water partition coefficient (Wildman–Crippen LogP) is 0.0793. The number of quaternary nitrogens is 1. The van der Waals surface area contributed by atoms with Crippen molar-refractivity contribution in [2.75, 3.05) is 30.8 Å². The molecule has 0 bridgehead atoms. The van der Waals surface area contributed by atoms with Gasteiger partial charge in [0, 0.05) is 16.4 Å². The van der Waals surface area contributed by atoms with Crippen molar-refractivity contribution in [1.82, 2.24) is 0 Å². The third-order valence-electron chi connectivity index (χ3n) is 3.50. The molecule has 0 aliphatic rings. The van der Waals surface area contributed by atoms with Gasteiger partial charge in [-0.05, 0) is 42.5 Å². The third kappa shape index (κ3) is 6.99. The van der Waals surface area contributed by atoms with Gasteiger partial charge in [-0.3, -0.25) is 9.59 Å². The molecule has 2 amide bonds. The van der Waals surface area contributed by atoms with Crippen LogP contribution in [0, 0.1) is 0 Å². The van der Waals surface area contributed by atoms with Gasteiger partial charge in [-0.25, -0.2) is 13.6 Å². The molecule has 0 radical (unpaired) electrons. The van der Waals surface area contributed by atoms with Gasteiger partial charge in [-0.1, -0.05) is 17.7 Å². The first kappa shape index (κ1) is 20.8. The molecule has 0 aromatic heterocycles. The Labute approximate surface area is 162 Å². The Morgan fingerprint density at radius 1 is 1.00 bits per heavy atom. The van der Waals surface area contributed by atoms with Gasteiger partial charge in [-0.15, -0.1) is 0 Å². The summed E-state index contributed by atoms with van der Waals surface area (Å²) in [4.78, 5) is 24.7. The molecule has 0 spiro atoms. The van der Waals surface area contributed by atoms with Crippen LogP contribution >= 0.6 is 11.6 Å². The standard InChI is InChI=1S/C17H19ClN4O4S/c1-22(10-16(23)20-13-7-5-12(18)6-8-13)11-17(24)21-14-3-2-4-15(9-14)27(19,25)26/h2-9H,10-11H2,1H3,(H,20,23)(H,21,24)(H2,19,25,26)/p+1. The van der Waals surface area contributed by atoms with Gasteiger partial charge in [0.05, 0.1) is 11.9 Å². The van der Waals surface area contributed by atoms with Crippen molar-refractivity contribution in [3.63, 3.8) is 0 Å². The highest BCUT2D eigenvalue weighted by atomic mass is 35.5. The number of halogens is 1. The van der Waals surface area contributed by atoms with Gasteiger partial charge in [0.1, 0.15) is 0 Å². The first-order valence-corrected chi connectivity index (χ1v) is 9.85. The van der Waals surface area contributed by atoms with Crippen LogP contribution in [0.15, 0.2) is 53.4 Å². The summed E-state index contributed by atoms with van der Waals surface area (Å²) in [6.45, 7) is 0.0981. The van der Waals surface area contributed by atoms with Gasteiger partial charge >= 0.3 is 0 Å². The molecule has 0 fully saturated rings. The Bertz CT molecular complexity index is 932. The Kier molecular flexibility index (Phi) is 6.92. The highest BCUT2D eigenvalue weighted by Crippen LogP contribution is 2.14. The number of amides is 2. The zero-order valence-electron chi connectivity index (χ0n) is 14.5. The van der Waals surface area contributed by atoms with Gasteiger partial charge in [0.2, 0.25) is 10.0 Å².